The lowest BCUT2D eigenvalue weighted by Gasteiger charge is -2.36. The summed E-state index contributed by atoms with van der Waals surface area (Å²) in [4.78, 5) is 16.5. The highest BCUT2D eigenvalue weighted by molar-refractivity contribution is 5.74. The van der Waals surface area contributed by atoms with E-state index in [1.807, 2.05) is 17.0 Å². The van der Waals surface area contributed by atoms with E-state index in [4.69, 9.17) is 4.74 Å². The van der Waals surface area contributed by atoms with E-state index in [1.54, 1.807) is 6.07 Å². The van der Waals surface area contributed by atoms with Gasteiger partial charge in [0.15, 0.2) is 0 Å². The number of hydrogen-bond acceptors (Lipinski definition) is 3. The Labute approximate surface area is 142 Å². The zero-order valence-electron chi connectivity index (χ0n) is 14.0. The number of piperazine rings is 1. The van der Waals surface area contributed by atoms with E-state index in [0.29, 0.717) is 6.42 Å². The molecule has 2 aliphatic heterocycles. The monoisotopic (exact) mass is 335 g/mol. The second-order valence-corrected chi connectivity index (χ2v) is 6.51. The van der Waals surface area contributed by atoms with Crippen LogP contribution in [0.15, 0.2) is 24.3 Å². The zero-order valence-corrected chi connectivity index (χ0v) is 14.0. The molecule has 2 saturated heterocycles. The number of nitrogens with one attached hydrogen (secondary N) is 1. The van der Waals surface area contributed by atoms with Crippen LogP contribution in [0.3, 0.4) is 0 Å². The Kier molecular flexibility index (Phi) is 6.04. The van der Waals surface area contributed by atoms with Crippen molar-refractivity contribution >= 4 is 6.03 Å². The van der Waals surface area contributed by atoms with Crippen LogP contribution in [-0.2, 0) is 11.2 Å². The number of amides is 2. The topological polar surface area (TPSA) is 44.8 Å². The smallest absolute Gasteiger partial charge is 0.317 e. The number of halogens is 1. The van der Waals surface area contributed by atoms with Crippen LogP contribution in [-0.4, -0.2) is 67.8 Å². The number of nitrogens with zero attached hydrogens (tertiary/aromatic N) is 2. The third-order valence-electron chi connectivity index (χ3n) is 4.86. The summed E-state index contributed by atoms with van der Waals surface area (Å²) in [5.74, 6) is -0.132. The first kappa shape index (κ1) is 17.2. The first-order valence-corrected chi connectivity index (χ1v) is 8.81. The van der Waals surface area contributed by atoms with Crippen LogP contribution in [0.25, 0.3) is 0 Å². The molecule has 1 aromatic rings. The van der Waals surface area contributed by atoms with Crippen LogP contribution in [0.2, 0.25) is 0 Å². The van der Waals surface area contributed by atoms with E-state index >= 15 is 0 Å². The van der Waals surface area contributed by atoms with E-state index in [9.17, 15) is 9.18 Å². The third kappa shape index (κ3) is 4.68. The number of urea groups is 1. The molecular weight excluding hydrogens is 309 g/mol. The van der Waals surface area contributed by atoms with E-state index in [1.165, 1.54) is 6.07 Å². The Morgan fingerprint density at radius 3 is 2.58 bits per heavy atom. The van der Waals surface area contributed by atoms with Crippen molar-refractivity contribution in [1.82, 2.24) is 15.1 Å². The van der Waals surface area contributed by atoms with Crippen molar-refractivity contribution in [2.24, 2.45) is 0 Å². The molecule has 0 saturated carbocycles. The fourth-order valence-corrected chi connectivity index (χ4v) is 3.26. The fraction of sp³-hybridized carbons (Fsp3) is 0.611. The summed E-state index contributed by atoms with van der Waals surface area (Å²) in [6, 6.07) is 7.22. The van der Waals surface area contributed by atoms with Gasteiger partial charge in [0.05, 0.1) is 0 Å². The largest absolute Gasteiger partial charge is 0.381 e. The van der Waals surface area contributed by atoms with Gasteiger partial charge in [-0.05, 0) is 30.9 Å². The normalized spacial score (nSPS) is 20.1. The lowest BCUT2D eigenvalue weighted by molar-refractivity contribution is 0.0761. The molecule has 3 rings (SSSR count). The van der Waals surface area contributed by atoms with Gasteiger partial charge in [0.1, 0.15) is 5.82 Å². The van der Waals surface area contributed by atoms with Crippen LogP contribution >= 0.6 is 0 Å². The van der Waals surface area contributed by atoms with Crippen molar-refractivity contribution in [3.05, 3.63) is 35.6 Å². The molecule has 0 bridgehead atoms. The maximum absolute atomic E-state index is 13.6. The zero-order chi connectivity index (χ0) is 16.8. The molecule has 132 valence electrons. The molecule has 2 fully saturated rings. The molecule has 0 spiro atoms. The number of carbonyl (C=O) groups is 1. The lowest BCUT2D eigenvalue weighted by Crippen LogP contribution is -2.54. The van der Waals surface area contributed by atoms with Gasteiger partial charge in [0.2, 0.25) is 0 Å². The quantitative estimate of drug-likeness (QED) is 0.914. The highest BCUT2D eigenvalue weighted by Crippen LogP contribution is 2.11. The Hall–Kier alpha value is -1.66. The first-order chi connectivity index (χ1) is 11.7. The maximum atomic E-state index is 13.6. The number of ether oxygens (including phenoxy) is 1. The molecule has 24 heavy (non-hydrogen) atoms. The predicted molar refractivity (Wildman–Crippen MR) is 90.5 cm³/mol. The second kappa shape index (κ2) is 8.44. The molecule has 1 aromatic carbocycles. The van der Waals surface area contributed by atoms with Crippen molar-refractivity contribution in [3.63, 3.8) is 0 Å². The molecular formula is C18H26FN3O2. The van der Waals surface area contributed by atoms with Crippen molar-refractivity contribution < 1.29 is 13.9 Å². The molecule has 2 aliphatic rings. The minimum Gasteiger partial charge on any atom is -0.381 e. The van der Waals surface area contributed by atoms with Gasteiger partial charge in [-0.2, -0.15) is 0 Å². The van der Waals surface area contributed by atoms with Crippen LogP contribution in [0.5, 0.6) is 0 Å². The second-order valence-electron chi connectivity index (χ2n) is 6.51. The summed E-state index contributed by atoms with van der Waals surface area (Å²) in [6.45, 7) is 5.43. The van der Waals surface area contributed by atoms with Gasteiger partial charge in [0, 0.05) is 52.0 Å². The Morgan fingerprint density at radius 2 is 1.88 bits per heavy atom. The highest BCUT2D eigenvalue weighted by atomic mass is 19.1. The molecule has 5 nitrogen and oxygen atoms in total. The molecule has 2 heterocycles. The van der Waals surface area contributed by atoms with Gasteiger partial charge in [-0.25, -0.2) is 9.18 Å². The van der Waals surface area contributed by atoms with Crippen molar-refractivity contribution in [2.45, 2.75) is 25.3 Å². The molecule has 2 amide bonds. The average molecular weight is 335 g/mol. The van der Waals surface area contributed by atoms with Crippen LogP contribution in [0.4, 0.5) is 9.18 Å². The first-order valence-electron chi connectivity index (χ1n) is 8.81. The lowest BCUT2D eigenvalue weighted by atomic mass is 10.1. The molecule has 0 atom stereocenters. The summed E-state index contributed by atoms with van der Waals surface area (Å²) in [5, 5.41) is 3.11. The summed E-state index contributed by atoms with van der Waals surface area (Å²) >= 11 is 0. The summed E-state index contributed by atoms with van der Waals surface area (Å²) in [5.41, 5.74) is 0.761. The number of benzene rings is 1. The van der Waals surface area contributed by atoms with Gasteiger partial charge < -0.3 is 15.0 Å². The van der Waals surface area contributed by atoms with E-state index in [-0.39, 0.29) is 17.9 Å². The fourth-order valence-electron chi connectivity index (χ4n) is 3.26. The van der Waals surface area contributed by atoms with Gasteiger partial charge >= 0.3 is 6.03 Å². The Morgan fingerprint density at radius 1 is 1.17 bits per heavy atom. The number of carbonyl (C=O) groups excluding carboxylic acids is 1. The average Bonchev–Trinajstić information content (AvgIpc) is 2.62. The number of rotatable bonds is 4. The highest BCUT2D eigenvalue weighted by Gasteiger charge is 2.23. The minimum atomic E-state index is -0.132. The van der Waals surface area contributed by atoms with E-state index in [0.717, 1.165) is 64.3 Å². The molecule has 0 unspecified atom stereocenters. The van der Waals surface area contributed by atoms with E-state index < -0.39 is 0 Å². The Balaban J connectivity index is 1.39. The van der Waals surface area contributed by atoms with Crippen molar-refractivity contribution in [1.29, 1.82) is 0 Å². The summed E-state index contributed by atoms with van der Waals surface area (Å²) < 4.78 is 19.0. The predicted octanol–water partition coefficient (Wildman–Crippen LogP) is 1.87. The van der Waals surface area contributed by atoms with Crippen LogP contribution < -0.4 is 5.32 Å². The Bertz CT molecular complexity index is 541. The number of hydrogen-bond donors (Lipinski definition) is 1. The molecule has 0 aromatic heterocycles. The maximum Gasteiger partial charge on any atom is 0.317 e. The van der Waals surface area contributed by atoms with Crippen LogP contribution in [0, 0.1) is 5.82 Å². The van der Waals surface area contributed by atoms with Crippen LogP contribution in [0.1, 0.15) is 18.4 Å². The molecule has 6 heteroatoms. The van der Waals surface area contributed by atoms with Gasteiger partial charge in [-0.1, -0.05) is 18.2 Å². The standard InChI is InChI=1S/C18H26FN3O2/c19-17-4-2-1-3-15(17)5-8-21-9-11-22(12-10-21)18(23)20-16-6-13-24-14-7-16/h1-4,16H,5-14H2,(H,20,23). The van der Waals surface area contributed by atoms with Gasteiger partial charge in [0.25, 0.3) is 0 Å². The van der Waals surface area contributed by atoms with Gasteiger partial charge in [-0.3, -0.25) is 4.90 Å². The molecule has 1 N–H and O–H groups in total. The van der Waals surface area contributed by atoms with Gasteiger partial charge in [-0.15, -0.1) is 0 Å². The molecule has 0 aliphatic carbocycles. The summed E-state index contributed by atoms with van der Waals surface area (Å²) in [7, 11) is 0. The SMILES string of the molecule is O=C(NC1CCOCC1)N1CCN(CCc2ccccc2F)CC1. The third-order valence-corrected chi connectivity index (χ3v) is 4.86. The molecule has 0 radical (unpaired) electrons. The minimum absolute atomic E-state index is 0.0376. The van der Waals surface area contributed by atoms with Crippen molar-refractivity contribution in [2.75, 3.05) is 45.9 Å². The summed E-state index contributed by atoms with van der Waals surface area (Å²) in [6.07, 6.45) is 2.50. The van der Waals surface area contributed by atoms with Crippen molar-refractivity contribution in [3.8, 4) is 0 Å². The van der Waals surface area contributed by atoms with E-state index in [2.05, 4.69) is 10.2 Å².